The maximum atomic E-state index is 13.7. The van der Waals surface area contributed by atoms with Crippen molar-refractivity contribution in [2.45, 2.75) is 26.5 Å². The quantitative estimate of drug-likeness (QED) is 0.886. The van der Waals surface area contributed by atoms with Crippen LogP contribution >= 0.6 is 0 Å². The van der Waals surface area contributed by atoms with E-state index in [9.17, 15) is 4.39 Å². The molecule has 2 rings (SSSR count). The van der Waals surface area contributed by atoms with Crippen LogP contribution in [0.2, 0.25) is 0 Å². The standard InChI is InChI=1S/C12H16FN3O/c1-8(2)17-7-6-16-11-9(13)4-3-5-10(11)15-12(16)14/h3-5,8H,6-7H2,1-2H3,(H2,14,15). The van der Waals surface area contributed by atoms with Gasteiger partial charge in [-0.25, -0.2) is 9.37 Å². The molecule has 0 amide bonds. The summed E-state index contributed by atoms with van der Waals surface area (Å²) in [7, 11) is 0. The topological polar surface area (TPSA) is 53.1 Å². The minimum absolute atomic E-state index is 0.149. The predicted octanol–water partition coefficient (Wildman–Crippen LogP) is 2.18. The van der Waals surface area contributed by atoms with Crippen molar-refractivity contribution in [3.05, 3.63) is 24.0 Å². The molecule has 0 radical (unpaired) electrons. The van der Waals surface area contributed by atoms with Gasteiger partial charge in [-0.3, -0.25) is 0 Å². The Morgan fingerprint density at radius 3 is 2.94 bits per heavy atom. The van der Waals surface area contributed by atoms with Crippen LogP contribution in [0.4, 0.5) is 10.3 Å². The number of halogens is 1. The zero-order chi connectivity index (χ0) is 12.4. The maximum absolute atomic E-state index is 13.7. The summed E-state index contributed by atoms with van der Waals surface area (Å²) in [5, 5.41) is 0. The van der Waals surface area contributed by atoms with Gasteiger partial charge in [0.25, 0.3) is 0 Å². The fourth-order valence-corrected chi connectivity index (χ4v) is 1.77. The zero-order valence-electron chi connectivity index (χ0n) is 9.98. The SMILES string of the molecule is CC(C)OCCn1c(N)nc2cccc(F)c21. The number of imidazole rings is 1. The maximum Gasteiger partial charge on any atom is 0.201 e. The van der Waals surface area contributed by atoms with Gasteiger partial charge in [-0.1, -0.05) is 6.07 Å². The van der Waals surface area contributed by atoms with E-state index in [-0.39, 0.29) is 11.9 Å². The lowest BCUT2D eigenvalue weighted by Crippen LogP contribution is -2.12. The third kappa shape index (κ3) is 2.39. The Labute approximate surface area is 99.2 Å². The summed E-state index contributed by atoms with van der Waals surface area (Å²) < 4.78 is 20.8. The van der Waals surface area contributed by atoms with E-state index in [0.29, 0.717) is 30.1 Å². The fourth-order valence-electron chi connectivity index (χ4n) is 1.77. The van der Waals surface area contributed by atoms with E-state index in [0.717, 1.165) is 0 Å². The van der Waals surface area contributed by atoms with E-state index in [1.807, 2.05) is 13.8 Å². The molecule has 1 aromatic carbocycles. The average Bonchev–Trinajstić information content (AvgIpc) is 2.56. The lowest BCUT2D eigenvalue weighted by molar-refractivity contribution is 0.0735. The van der Waals surface area contributed by atoms with E-state index in [4.69, 9.17) is 10.5 Å². The van der Waals surface area contributed by atoms with Crippen molar-refractivity contribution in [2.24, 2.45) is 0 Å². The molecule has 0 aliphatic carbocycles. The van der Waals surface area contributed by atoms with Crippen LogP contribution in [-0.2, 0) is 11.3 Å². The van der Waals surface area contributed by atoms with Crippen molar-refractivity contribution in [3.8, 4) is 0 Å². The van der Waals surface area contributed by atoms with Crippen LogP contribution in [0.3, 0.4) is 0 Å². The molecule has 0 saturated heterocycles. The zero-order valence-corrected chi connectivity index (χ0v) is 9.98. The number of hydrogen-bond acceptors (Lipinski definition) is 3. The number of nitrogens with two attached hydrogens (primary N) is 1. The van der Waals surface area contributed by atoms with Gasteiger partial charge in [0.05, 0.1) is 18.2 Å². The van der Waals surface area contributed by atoms with Gasteiger partial charge in [0.1, 0.15) is 11.3 Å². The van der Waals surface area contributed by atoms with Gasteiger partial charge in [-0.05, 0) is 26.0 Å². The van der Waals surface area contributed by atoms with Crippen molar-refractivity contribution in [3.63, 3.8) is 0 Å². The highest BCUT2D eigenvalue weighted by Gasteiger charge is 2.11. The van der Waals surface area contributed by atoms with E-state index in [1.54, 1.807) is 16.7 Å². The second-order valence-corrected chi connectivity index (χ2v) is 4.15. The van der Waals surface area contributed by atoms with Gasteiger partial charge in [0, 0.05) is 6.54 Å². The number of nitrogens with zero attached hydrogens (tertiary/aromatic N) is 2. The second-order valence-electron chi connectivity index (χ2n) is 4.15. The molecule has 0 aliphatic rings. The number of rotatable bonds is 4. The van der Waals surface area contributed by atoms with Crippen LogP contribution in [0, 0.1) is 5.82 Å². The van der Waals surface area contributed by atoms with E-state index < -0.39 is 0 Å². The first-order valence-electron chi connectivity index (χ1n) is 5.61. The van der Waals surface area contributed by atoms with E-state index >= 15 is 0 Å². The number of benzene rings is 1. The van der Waals surface area contributed by atoms with Gasteiger partial charge in [-0.15, -0.1) is 0 Å². The summed E-state index contributed by atoms with van der Waals surface area (Å²) in [6.07, 6.45) is 0.149. The summed E-state index contributed by atoms with van der Waals surface area (Å²) >= 11 is 0. The molecule has 17 heavy (non-hydrogen) atoms. The number of hydrogen-bond donors (Lipinski definition) is 1. The van der Waals surface area contributed by atoms with Crippen LogP contribution in [0.1, 0.15) is 13.8 Å². The molecule has 0 atom stereocenters. The van der Waals surface area contributed by atoms with Crippen molar-refractivity contribution >= 4 is 17.0 Å². The highest BCUT2D eigenvalue weighted by atomic mass is 19.1. The molecule has 2 aromatic rings. The van der Waals surface area contributed by atoms with Crippen LogP contribution < -0.4 is 5.73 Å². The Morgan fingerprint density at radius 2 is 2.24 bits per heavy atom. The van der Waals surface area contributed by atoms with Gasteiger partial charge in [0.2, 0.25) is 5.95 Å². The molecule has 2 N–H and O–H groups in total. The highest BCUT2D eigenvalue weighted by molar-refractivity contribution is 5.78. The summed E-state index contributed by atoms with van der Waals surface area (Å²) in [6, 6.07) is 4.77. The summed E-state index contributed by atoms with van der Waals surface area (Å²) in [5.74, 6) is 0.00806. The number of ether oxygens (including phenoxy) is 1. The molecule has 4 nitrogen and oxygen atoms in total. The van der Waals surface area contributed by atoms with E-state index in [1.165, 1.54) is 6.07 Å². The van der Waals surface area contributed by atoms with Crippen LogP contribution in [-0.4, -0.2) is 22.3 Å². The van der Waals surface area contributed by atoms with Crippen molar-refractivity contribution < 1.29 is 9.13 Å². The lowest BCUT2D eigenvalue weighted by atomic mass is 10.3. The Kier molecular flexibility index (Phi) is 3.28. The molecule has 0 fully saturated rings. The van der Waals surface area contributed by atoms with Gasteiger partial charge >= 0.3 is 0 Å². The average molecular weight is 237 g/mol. The molecule has 1 aromatic heterocycles. The molecule has 0 aliphatic heterocycles. The van der Waals surface area contributed by atoms with Crippen LogP contribution in [0.25, 0.3) is 11.0 Å². The molecule has 0 saturated carbocycles. The Morgan fingerprint density at radius 1 is 1.47 bits per heavy atom. The number of fused-ring (bicyclic) bond motifs is 1. The normalized spacial score (nSPS) is 11.5. The molecule has 0 spiro atoms. The number of para-hydroxylation sites is 1. The lowest BCUT2D eigenvalue weighted by Gasteiger charge is -2.10. The molecule has 5 heteroatoms. The minimum atomic E-state index is -0.309. The fraction of sp³-hybridized carbons (Fsp3) is 0.417. The summed E-state index contributed by atoms with van der Waals surface area (Å²) in [6.45, 7) is 4.90. The van der Waals surface area contributed by atoms with Crippen LogP contribution in [0.5, 0.6) is 0 Å². The first kappa shape index (κ1) is 11.9. The molecular weight excluding hydrogens is 221 g/mol. The first-order valence-corrected chi connectivity index (χ1v) is 5.61. The smallest absolute Gasteiger partial charge is 0.201 e. The van der Waals surface area contributed by atoms with Crippen LogP contribution in [0.15, 0.2) is 18.2 Å². The molecular formula is C12H16FN3O. The molecule has 0 bridgehead atoms. The number of aromatic nitrogens is 2. The summed E-state index contributed by atoms with van der Waals surface area (Å²) in [4.78, 5) is 4.12. The van der Waals surface area contributed by atoms with Crippen molar-refractivity contribution in [1.82, 2.24) is 9.55 Å². The Bertz CT molecular complexity index is 522. The first-order chi connectivity index (χ1) is 8.09. The highest BCUT2D eigenvalue weighted by Crippen LogP contribution is 2.20. The minimum Gasteiger partial charge on any atom is -0.377 e. The number of anilines is 1. The largest absolute Gasteiger partial charge is 0.377 e. The molecule has 92 valence electrons. The molecule has 1 heterocycles. The monoisotopic (exact) mass is 237 g/mol. The third-order valence-corrected chi connectivity index (χ3v) is 2.51. The van der Waals surface area contributed by atoms with E-state index in [2.05, 4.69) is 4.98 Å². The van der Waals surface area contributed by atoms with Gasteiger partial charge in [0.15, 0.2) is 0 Å². The van der Waals surface area contributed by atoms with Gasteiger partial charge < -0.3 is 15.0 Å². The second kappa shape index (κ2) is 4.71. The molecule has 0 unspecified atom stereocenters. The number of nitrogen functional groups attached to an aromatic ring is 1. The third-order valence-electron chi connectivity index (χ3n) is 2.51. The Balaban J connectivity index is 2.29. The predicted molar refractivity (Wildman–Crippen MR) is 65.2 cm³/mol. The summed E-state index contributed by atoms with van der Waals surface area (Å²) in [5.41, 5.74) is 6.79. The van der Waals surface area contributed by atoms with Crippen molar-refractivity contribution in [1.29, 1.82) is 0 Å². The Hall–Kier alpha value is -1.62. The van der Waals surface area contributed by atoms with Gasteiger partial charge in [-0.2, -0.15) is 0 Å². The van der Waals surface area contributed by atoms with Crippen molar-refractivity contribution in [2.75, 3.05) is 12.3 Å².